The van der Waals surface area contributed by atoms with Gasteiger partial charge in [0.2, 0.25) is 0 Å². The number of rotatable bonds is 22. The molecule has 0 saturated carbocycles. The van der Waals surface area contributed by atoms with Crippen molar-refractivity contribution in [1.82, 2.24) is 0 Å². The van der Waals surface area contributed by atoms with E-state index in [9.17, 15) is 14.3 Å². The largest absolute Gasteiger partial charge is 0.756 e. The number of likely N-dealkylation sites (N-methyl/N-ethyl adjacent to an activating group) is 1. The number of phosphoric acid groups is 1. The van der Waals surface area contributed by atoms with Crippen molar-refractivity contribution in [3.63, 3.8) is 0 Å². The van der Waals surface area contributed by atoms with Gasteiger partial charge in [-0.2, -0.15) is 0 Å². The summed E-state index contributed by atoms with van der Waals surface area (Å²) in [6, 6.07) is 0. The normalized spacial score (nSPS) is 14.8. The van der Waals surface area contributed by atoms with E-state index in [1.807, 2.05) is 21.1 Å². The molecule has 2 atom stereocenters. The first-order valence-corrected chi connectivity index (χ1v) is 14.1. The summed E-state index contributed by atoms with van der Waals surface area (Å²) in [5, 5.41) is 0. The minimum Gasteiger partial charge on any atom is -0.756 e. The van der Waals surface area contributed by atoms with Crippen LogP contribution in [0.1, 0.15) is 97.3 Å². The first-order chi connectivity index (χ1) is 15.1. The van der Waals surface area contributed by atoms with E-state index < -0.39 is 7.82 Å². The second kappa shape index (κ2) is 18.9. The molecule has 0 aromatic rings. The second-order valence-corrected chi connectivity index (χ2v) is 11.2. The van der Waals surface area contributed by atoms with Gasteiger partial charge in [0.15, 0.2) is 0 Å². The fraction of sp³-hybridized carbons (Fsp3) is 0.958. The van der Waals surface area contributed by atoms with Gasteiger partial charge in [-0.1, -0.05) is 84.5 Å². The zero-order chi connectivity index (χ0) is 24.3. The standard InChI is InChI=1S/C24H50NO6P/c1-6-8-9-10-11-12-13-14-15-16-18-23(17-7-2)24(26)29-21-22-31-32(27,28)30-20-19-25(3,4)5/h23H,6-22H2,1-5H3. The number of esters is 1. The molecule has 0 amide bonds. The first kappa shape index (κ1) is 31.5. The van der Waals surface area contributed by atoms with E-state index in [1.165, 1.54) is 51.4 Å². The van der Waals surface area contributed by atoms with Gasteiger partial charge in [-0.15, -0.1) is 0 Å². The maximum absolute atomic E-state index is 12.4. The van der Waals surface area contributed by atoms with Crippen LogP contribution in [-0.4, -0.2) is 58.0 Å². The van der Waals surface area contributed by atoms with Crippen molar-refractivity contribution in [3.8, 4) is 0 Å². The maximum atomic E-state index is 12.4. The Hall–Kier alpha value is -0.460. The topological polar surface area (TPSA) is 84.9 Å². The van der Waals surface area contributed by atoms with Gasteiger partial charge in [0.25, 0.3) is 7.82 Å². The Labute approximate surface area is 197 Å². The molecule has 0 aliphatic rings. The molecule has 0 spiro atoms. The Morgan fingerprint density at radius 2 is 1.31 bits per heavy atom. The summed E-state index contributed by atoms with van der Waals surface area (Å²) in [5.41, 5.74) is 0. The van der Waals surface area contributed by atoms with E-state index in [-0.39, 0.29) is 31.7 Å². The van der Waals surface area contributed by atoms with Crippen molar-refractivity contribution in [1.29, 1.82) is 0 Å². The van der Waals surface area contributed by atoms with Crippen LogP contribution in [-0.2, 0) is 23.1 Å². The number of carbonyl (C=O) groups is 1. The Morgan fingerprint density at radius 3 is 1.84 bits per heavy atom. The highest BCUT2D eigenvalue weighted by Gasteiger charge is 2.19. The molecule has 0 N–H and O–H groups in total. The van der Waals surface area contributed by atoms with Crippen molar-refractivity contribution in [2.45, 2.75) is 97.3 Å². The monoisotopic (exact) mass is 479 g/mol. The predicted octanol–water partition coefficient (Wildman–Crippen LogP) is 5.46. The van der Waals surface area contributed by atoms with E-state index in [2.05, 4.69) is 13.8 Å². The third-order valence-corrected chi connectivity index (χ3v) is 6.46. The lowest BCUT2D eigenvalue weighted by Gasteiger charge is -2.27. The molecule has 0 heterocycles. The molecule has 7 nitrogen and oxygen atoms in total. The van der Waals surface area contributed by atoms with Gasteiger partial charge in [-0.25, -0.2) is 0 Å². The highest BCUT2D eigenvalue weighted by atomic mass is 31.2. The number of phosphoric ester groups is 1. The van der Waals surface area contributed by atoms with Crippen molar-refractivity contribution in [2.75, 3.05) is 47.5 Å². The maximum Gasteiger partial charge on any atom is 0.309 e. The zero-order valence-electron chi connectivity index (χ0n) is 21.4. The first-order valence-electron chi connectivity index (χ1n) is 12.7. The molecule has 2 unspecified atom stereocenters. The Kier molecular flexibility index (Phi) is 18.6. The summed E-state index contributed by atoms with van der Waals surface area (Å²) >= 11 is 0. The lowest BCUT2D eigenvalue weighted by Crippen LogP contribution is -2.37. The van der Waals surface area contributed by atoms with Crippen LogP contribution in [0.4, 0.5) is 0 Å². The molecule has 192 valence electrons. The molecule has 8 heteroatoms. The summed E-state index contributed by atoms with van der Waals surface area (Å²) in [6.07, 6.45) is 15.2. The number of ether oxygens (including phenoxy) is 1. The van der Waals surface area contributed by atoms with Crippen molar-refractivity contribution in [2.24, 2.45) is 5.92 Å². The average Bonchev–Trinajstić information content (AvgIpc) is 2.70. The van der Waals surface area contributed by atoms with E-state index >= 15 is 0 Å². The molecule has 0 aliphatic carbocycles. The SMILES string of the molecule is CCCCCCCCCCCCC(CCC)C(=O)OCCOP(=O)([O-])OCC[N+](C)(C)C. The van der Waals surface area contributed by atoms with Crippen LogP contribution in [0.15, 0.2) is 0 Å². The van der Waals surface area contributed by atoms with Crippen LogP contribution in [0.3, 0.4) is 0 Å². The molecule has 0 saturated heterocycles. The van der Waals surface area contributed by atoms with Crippen LogP contribution in [0.2, 0.25) is 0 Å². The van der Waals surface area contributed by atoms with Crippen LogP contribution in [0.5, 0.6) is 0 Å². The molecule has 32 heavy (non-hydrogen) atoms. The summed E-state index contributed by atoms with van der Waals surface area (Å²) in [5.74, 6) is -0.369. The highest BCUT2D eigenvalue weighted by Crippen LogP contribution is 2.37. The minimum absolute atomic E-state index is 0.0570. The molecule has 0 aliphatic heterocycles. The lowest BCUT2D eigenvalue weighted by molar-refractivity contribution is -0.870. The van der Waals surface area contributed by atoms with E-state index in [0.717, 1.165) is 32.1 Å². The minimum atomic E-state index is -4.37. The number of unbranched alkanes of at least 4 members (excludes halogenated alkanes) is 9. The van der Waals surface area contributed by atoms with E-state index in [4.69, 9.17) is 13.8 Å². The van der Waals surface area contributed by atoms with Gasteiger partial charge in [0.1, 0.15) is 19.8 Å². The van der Waals surface area contributed by atoms with Gasteiger partial charge in [0, 0.05) is 0 Å². The Bertz CT molecular complexity index is 509. The molecule has 0 bridgehead atoms. The van der Waals surface area contributed by atoms with Crippen LogP contribution in [0, 0.1) is 5.92 Å². The van der Waals surface area contributed by atoms with E-state index in [1.54, 1.807) is 0 Å². The van der Waals surface area contributed by atoms with Crippen molar-refractivity contribution >= 4 is 13.8 Å². The van der Waals surface area contributed by atoms with Gasteiger partial charge in [0.05, 0.1) is 33.7 Å². The smallest absolute Gasteiger partial charge is 0.309 e. The predicted molar refractivity (Wildman–Crippen MR) is 128 cm³/mol. The number of quaternary nitrogens is 1. The molecular formula is C24H50NO6P. The van der Waals surface area contributed by atoms with Crippen LogP contribution < -0.4 is 4.89 Å². The van der Waals surface area contributed by atoms with Gasteiger partial charge in [-0.3, -0.25) is 9.36 Å². The molecule has 0 aromatic heterocycles. The van der Waals surface area contributed by atoms with Gasteiger partial charge in [-0.05, 0) is 12.8 Å². The summed E-state index contributed by atoms with van der Waals surface area (Å²) in [6.45, 7) is 4.60. The average molecular weight is 480 g/mol. The highest BCUT2D eigenvalue weighted by molar-refractivity contribution is 7.45. The quantitative estimate of drug-likeness (QED) is 0.0886. The van der Waals surface area contributed by atoms with Crippen LogP contribution >= 0.6 is 7.82 Å². The van der Waals surface area contributed by atoms with E-state index in [0.29, 0.717) is 11.0 Å². The molecular weight excluding hydrogens is 429 g/mol. The number of nitrogens with zero attached hydrogens (tertiary/aromatic N) is 1. The molecule has 0 radical (unpaired) electrons. The van der Waals surface area contributed by atoms with Gasteiger partial charge < -0.3 is 23.2 Å². The summed E-state index contributed by atoms with van der Waals surface area (Å²) < 4.78 is 27.2. The van der Waals surface area contributed by atoms with Crippen molar-refractivity contribution in [3.05, 3.63) is 0 Å². The molecule has 0 rings (SSSR count). The lowest BCUT2D eigenvalue weighted by atomic mass is 9.96. The zero-order valence-corrected chi connectivity index (χ0v) is 22.3. The third kappa shape index (κ3) is 20.2. The fourth-order valence-corrected chi connectivity index (χ4v) is 4.16. The summed E-state index contributed by atoms with van der Waals surface area (Å²) in [7, 11) is 1.47. The second-order valence-electron chi connectivity index (χ2n) is 9.75. The number of hydrogen-bond acceptors (Lipinski definition) is 6. The fourth-order valence-electron chi connectivity index (χ4n) is 3.48. The third-order valence-electron chi connectivity index (χ3n) is 5.47. The Balaban J connectivity index is 3.94. The summed E-state index contributed by atoms with van der Waals surface area (Å²) in [4.78, 5) is 24.1. The molecule has 0 fully saturated rings. The number of carbonyl (C=O) groups excluding carboxylic acids is 1. The van der Waals surface area contributed by atoms with Gasteiger partial charge >= 0.3 is 5.97 Å². The van der Waals surface area contributed by atoms with Crippen molar-refractivity contribution < 1.29 is 32.5 Å². The van der Waals surface area contributed by atoms with Crippen LogP contribution in [0.25, 0.3) is 0 Å². The molecule has 0 aromatic carbocycles. The number of hydrogen-bond donors (Lipinski definition) is 0. The Morgan fingerprint density at radius 1 is 0.781 bits per heavy atom.